The SMILES string of the molecule is C#CC1(O)CCCC1O.C#CC1(O)CCCC1OC(C)=O.[Na+].[OH-]. The van der Waals surface area contributed by atoms with Crippen LogP contribution in [0.3, 0.4) is 0 Å². The molecule has 7 heteroatoms. The minimum Gasteiger partial charge on any atom is -0.870 e. The summed E-state index contributed by atoms with van der Waals surface area (Å²) in [6.07, 6.45) is 12.9. The summed E-state index contributed by atoms with van der Waals surface area (Å²) in [4.78, 5) is 10.6. The van der Waals surface area contributed by atoms with Gasteiger partial charge in [-0.3, -0.25) is 4.79 Å². The van der Waals surface area contributed by atoms with Gasteiger partial charge in [0.1, 0.15) is 6.10 Å². The number of carbonyl (C=O) groups excluding carboxylic acids is 1. The molecule has 2 aliphatic rings. The van der Waals surface area contributed by atoms with Gasteiger partial charge in [-0.25, -0.2) is 0 Å². The number of terminal acetylenes is 2. The van der Waals surface area contributed by atoms with Crippen molar-refractivity contribution in [3.8, 4) is 24.7 Å². The fourth-order valence-electron chi connectivity index (χ4n) is 2.62. The van der Waals surface area contributed by atoms with Gasteiger partial charge < -0.3 is 25.5 Å². The van der Waals surface area contributed by atoms with Gasteiger partial charge in [0.15, 0.2) is 11.2 Å². The molecule has 124 valence electrons. The second-order valence-corrected chi connectivity index (χ2v) is 5.54. The van der Waals surface area contributed by atoms with E-state index in [1.54, 1.807) is 0 Å². The van der Waals surface area contributed by atoms with E-state index in [1.807, 2.05) is 0 Å². The van der Waals surface area contributed by atoms with E-state index in [9.17, 15) is 15.0 Å². The van der Waals surface area contributed by atoms with Gasteiger partial charge in [-0.05, 0) is 38.5 Å². The van der Waals surface area contributed by atoms with Gasteiger partial charge in [-0.2, -0.15) is 0 Å². The van der Waals surface area contributed by atoms with E-state index in [4.69, 9.17) is 22.7 Å². The largest absolute Gasteiger partial charge is 1.00 e. The Hall–Kier alpha value is -0.570. The molecule has 0 aromatic rings. The molecule has 6 nitrogen and oxygen atoms in total. The molecule has 0 aliphatic heterocycles. The third kappa shape index (κ3) is 6.45. The first kappa shape index (κ1) is 24.7. The van der Waals surface area contributed by atoms with Gasteiger partial charge in [0.2, 0.25) is 0 Å². The minimum absolute atomic E-state index is 0. The van der Waals surface area contributed by atoms with Gasteiger partial charge in [-0.15, -0.1) is 12.8 Å². The predicted molar refractivity (Wildman–Crippen MR) is 78.8 cm³/mol. The number of hydrogen-bond acceptors (Lipinski definition) is 6. The molecule has 0 aromatic carbocycles. The number of aliphatic hydroxyl groups excluding tert-OH is 1. The fourth-order valence-corrected chi connectivity index (χ4v) is 2.62. The molecule has 4 atom stereocenters. The molecular formula is C16H23NaO6. The Morgan fingerprint density at radius 1 is 1.13 bits per heavy atom. The monoisotopic (exact) mass is 334 g/mol. The first-order valence-corrected chi connectivity index (χ1v) is 7.03. The van der Waals surface area contributed by atoms with Crippen molar-refractivity contribution in [2.75, 3.05) is 0 Å². The Labute approximate surface area is 159 Å². The molecule has 0 radical (unpaired) electrons. The third-order valence-electron chi connectivity index (χ3n) is 3.95. The summed E-state index contributed by atoms with van der Waals surface area (Å²) in [5, 5.41) is 28.0. The van der Waals surface area contributed by atoms with Crippen LogP contribution in [0.2, 0.25) is 0 Å². The number of ether oxygens (including phenoxy) is 1. The van der Waals surface area contributed by atoms with Gasteiger partial charge in [0.25, 0.3) is 0 Å². The van der Waals surface area contributed by atoms with Crippen molar-refractivity contribution < 1.29 is 59.9 Å². The Morgan fingerprint density at radius 3 is 1.96 bits per heavy atom. The smallest absolute Gasteiger partial charge is 0.870 e. The molecule has 0 heterocycles. The van der Waals surface area contributed by atoms with Crippen molar-refractivity contribution in [1.29, 1.82) is 0 Å². The molecule has 0 saturated heterocycles. The normalized spacial score (nSPS) is 34.5. The molecule has 0 bridgehead atoms. The Bertz CT molecular complexity index is 468. The Morgan fingerprint density at radius 2 is 1.61 bits per heavy atom. The average molecular weight is 334 g/mol. The molecule has 2 rings (SSSR count). The second-order valence-electron chi connectivity index (χ2n) is 5.54. The summed E-state index contributed by atoms with van der Waals surface area (Å²) < 4.78 is 4.89. The van der Waals surface area contributed by atoms with Gasteiger partial charge in [0, 0.05) is 6.92 Å². The molecule has 0 spiro atoms. The van der Waals surface area contributed by atoms with Crippen LogP contribution in [0.5, 0.6) is 0 Å². The van der Waals surface area contributed by atoms with Crippen LogP contribution in [0, 0.1) is 24.7 Å². The maximum atomic E-state index is 10.6. The maximum Gasteiger partial charge on any atom is 1.00 e. The van der Waals surface area contributed by atoms with Gasteiger partial charge in [0.05, 0.1) is 6.10 Å². The van der Waals surface area contributed by atoms with E-state index in [2.05, 4.69) is 11.8 Å². The van der Waals surface area contributed by atoms with Crippen LogP contribution in [-0.4, -0.2) is 50.2 Å². The van der Waals surface area contributed by atoms with Crippen molar-refractivity contribution in [2.45, 2.75) is 68.9 Å². The number of hydrogen-bond donors (Lipinski definition) is 3. The topological polar surface area (TPSA) is 117 Å². The molecule has 4 N–H and O–H groups in total. The quantitative estimate of drug-likeness (QED) is 0.271. The molecule has 0 amide bonds. The zero-order valence-electron chi connectivity index (χ0n) is 13.7. The zero-order chi connectivity index (χ0) is 16.1. The zero-order valence-corrected chi connectivity index (χ0v) is 15.7. The van der Waals surface area contributed by atoms with E-state index in [0.29, 0.717) is 25.7 Å². The third-order valence-corrected chi connectivity index (χ3v) is 3.95. The van der Waals surface area contributed by atoms with E-state index in [-0.39, 0.29) is 35.0 Å². The molecular weight excluding hydrogens is 311 g/mol. The van der Waals surface area contributed by atoms with Crippen LogP contribution in [0.4, 0.5) is 0 Å². The summed E-state index contributed by atoms with van der Waals surface area (Å²) in [5.74, 6) is 4.08. The fraction of sp³-hybridized carbons (Fsp3) is 0.688. The maximum absolute atomic E-state index is 10.6. The van der Waals surface area contributed by atoms with Crippen molar-refractivity contribution in [3.63, 3.8) is 0 Å². The first-order chi connectivity index (χ1) is 9.77. The van der Waals surface area contributed by atoms with Crippen LogP contribution in [0.15, 0.2) is 0 Å². The first-order valence-electron chi connectivity index (χ1n) is 7.03. The Kier molecular flexibility index (Phi) is 11.1. The van der Waals surface area contributed by atoms with Crippen LogP contribution in [0.1, 0.15) is 45.4 Å². The van der Waals surface area contributed by atoms with Crippen molar-refractivity contribution in [1.82, 2.24) is 0 Å². The summed E-state index contributed by atoms with van der Waals surface area (Å²) in [7, 11) is 0. The van der Waals surface area contributed by atoms with Crippen molar-refractivity contribution >= 4 is 5.97 Å². The van der Waals surface area contributed by atoms with E-state index in [0.717, 1.165) is 12.8 Å². The summed E-state index contributed by atoms with van der Waals surface area (Å²) in [6, 6.07) is 0. The molecule has 23 heavy (non-hydrogen) atoms. The second kappa shape index (κ2) is 10.3. The molecule has 4 unspecified atom stereocenters. The Balaban J connectivity index is 0. The molecule has 2 saturated carbocycles. The van der Waals surface area contributed by atoms with Gasteiger partial charge in [-0.1, -0.05) is 11.8 Å². The summed E-state index contributed by atoms with van der Waals surface area (Å²) in [5.41, 5.74) is -2.45. The number of esters is 1. The molecule has 2 fully saturated rings. The van der Waals surface area contributed by atoms with E-state index in [1.165, 1.54) is 6.92 Å². The number of rotatable bonds is 1. The van der Waals surface area contributed by atoms with Crippen LogP contribution in [0.25, 0.3) is 0 Å². The van der Waals surface area contributed by atoms with Crippen molar-refractivity contribution in [3.05, 3.63) is 0 Å². The van der Waals surface area contributed by atoms with Crippen LogP contribution >= 0.6 is 0 Å². The summed E-state index contributed by atoms with van der Waals surface area (Å²) in [6.45, 7) is 1.31. The number of aliphatic hydroxyl groups is 3. The van der Waals surface area contributed by atoms with Gasteiger partial charge >= 0.3 is 35.5 Å². The predicted octanol–water partition coefficient (Wildman–Crippen LogP) is -2.81. The average Bonchev–Trinajstić information content (AvgIpc) is 2.96. The van der Waals surface area contributed by atoms with Crippen LogP contribution < -0.4 is 29.6 Å². The number of carbonyl (C=O) groups is 1. The minimum atomic E-state index is -1.23. The summed E-state index contributed by atoms with van der Waals surface area (Å²) >= 11 is 0. The van der Waals surface area contributed by atoms with Crippen LogP contribution in [-0.2, 0) is 9.53 Å². The molecule has 2 aliphatic carbocycles. The van der Waals surface area contributed by atoms with E-state index < -0.39 is 29.4 Å². The van der Waals surface area contributed by atoms with E-state index >= 15 is 0 Å². The molecule has 0 aromatic heterocycles. The standard InChI is InChI=1S/C9H12O3.C7H10O2.Na.H2O/c1-3-9(11)6-4-5-8(9)12-7(2)10;1-2-7(9)5-3-4-6(7)8;;/h1,8,11H,4-6H2,2H3;1,6,8-9H,3-5H2;;1H2/q;;+1;/p-1. The van der Waals surface area contributed by atoms with Crippen molar-refractivity contribution in [2.24, 2.45) is 0 Å².